The van der Waals surface area contributed by atoms with Crippen LogP contribution in [0.2, 0.25) is 0 Å². The summed E-state index contributed by atoms with van der Waals surface area (Å²) in [6.07, 6.45) is 0.102. The molecule has 0 aliphatic carbocycles. The second-order valence-corrected chi connectivity index (χ2v) is 7.82. The Kier molecular flexibility index (Phi) is 5.69. The highest BCUT2D eigenvalue weighted by molar-refractivity contribution is 7.17. The van der Waals surface area contributed by atoms with Gasteiger partial charge < -0.3 is 20.7 Å². The molecule has 0 unspecified atom stereocenters. The number of carbonyl (C=O) groups is 3. The number of fused-ring (bicyclic) bond motifs is 1. The number of carbonyl (C=O) groups excluding carboxylic acids is 3. The van der Waals surface area contributed by atoms with Gasteiger partial charge in [-0.1, -0.05) is 17.7 Å². The third kappa shape index (κ3) is 3.87. The Labute approximate surface area is 167 Å². The number of nitrogens with zero attached hydrogens (tertiary/aromatic N) is 1. The van der Waals surface area contributed by atoms with E-state index in [9.17, 15) is 14.4 Å². The van der Waals surface area contributed by atoms with Crippen molar-refractivity contribution < 1.29 is 19.1 Å². The standard InChI is InChI=1S/C20H23N3O4S/c1-4-27-20(26)23-8-7-14-15(10-23)28-19(16(14)17(21)24)22-18(25)13-6-5-11(2)9-12(13)3/h5-6,9H,4,7-8,10H2,1-3H3,(H2,21,24)(H,22,25). The van der Waals surface area contributed by atoms with Crippen molar-refractivity contribution >= 4 is 34.2 Å². The molecule has 28 heavy (non-hydrogen) atoms. The van der Waals surface area contributed by atoms with Crippen LogP contribution in [0, 0.1) is 13.8 Å². The SMILES string of the molecule is CCOC(=O)N1CCc2c(sc(NC(=O)c3ccc(C)cc3C)c2C(N)=O)C1. The Morgan fingerprint density at radius 2 is 2.04 bits per heavy atom. The lowest BCUT2D eigenvalue weighted by molar-refractivity contribution is 0.0997. The molecule has 2 aromatic rings. The number of anilines is 1. The van der Waals surface area contributed by atoms with Gasteiger partial charge in [-0.2, -0.15) is 0 Å². The number of rotatable bonds is 4. The molecule has 1 aliphatic rings. The molecule has 0 atom stereocenters. The van der Waals surface area contributed by atoms with Crippen LogP contribution in [-0.4, -0.2) is 36.0 Å². The number of hydrogen-bond donors (Lipinski definition) is 2. The predicted octanol–water partition coefficient (Wildman–Crippen LogP) is 3.23. The van der Waals surface area contributed by atoms with Crippen molar-refractivity contribution in [3.63, 3.8) is 0 Å². The molecule has 0 spiro atoms. The lowest BCUT2D eigenvalue weighted by Gasteiger charge is -2.26. The minimum absolute atomic E-state index is 0.291. The second-order valence-electron chi connectivity index (χ2n) is 6.72. The summed E-state index contributed by atoms with van der Waals surface area (Å²) in [4.78, 5) is 39.3. The largest absolute Gasteiger partial charge is 0.450 e. The normalized spacial score (nSPS) is 13.0. The van der Waals surface area contributed by atoms with E-state index in [0.717, 1.165) is 21.6 Å². The zero-order valence-corrected chi connectivity index (χ0v) is 16.9. The van der Waals surface area contributed by atoms with Crippen molar-refractivity contribution in [2.75, 3.05) is 18.5 Å². The van der Waals surface area contributed by atoms with Crippen LogP contribution in [0.25, 0.3) is 0 Å². The topological polar surface area (TPSA) is 102 Å². The minimum atomic E-state index is -0.585. The van der Waals surface area contributed by atoms with Crippen LogP contribution in [0.1, 0.15) is 49.2 Å². The van der Waals surface area contributed by atoms with Gasteiger partial charge >= 0.3 is 6.09 Å². The molecular formula is C20H23N3O4S. The molecule has 0 saturated heterocycles. The third-order valence-corrected chi connectivity index (χ3v) is 5.82. The molecule has 0 fully saturated rings. The van der Waals surface area contributed by atoms with E-state index in [4.69, 9.17) is 10.5 Å². The summed E-state index contributed by atoms with van der Waals surface area (Å²) in [6.45, 7) is 6.66. The molecule has 3 amide bonds. The molecule has 7 nitrogen and oxygen atoms in total. The lowest BCUT2D eigenvalue weighted by atomic mass is 10.0. The summed E-state index contributed by atoms with van der Waals surface area (Å²) in [6, 6.07) is 5.56. The maximum atomic E-state index is 12.8. The lowest BCUT2D eigenvalue weighted by Crippen LogP contribution is -2.36. The molecule has 1 aliphatic heterocycles. The summed E-state index contributed by atoms with van der Waals surface area (Å²) in [5.41, 5.74) is 9.20. The van der Waals surface area contributed by atoms with Gasteiger partial charge in [-0.05, 0) is 44.4 Å². The van der Waals surface area contributed by atoms with Crippen LogP contribution >= 0.6 is 11.3 Å². The molecule has 1 aromatic carbocycles. The van der Waals surface area contributed by atoms with E-state index in [1.165, 1.54) is 11.3 Å². The van der Waals surface area contributed by atoms with Gasteiger partial charge in [0.1, 0.15) is 5.00 Å². The van der Waals surface area contributed by atoms with Crippen LogP contribution in [0.15, 0.2) is 18.2 Å². The Morgan fingerprint density at radius 3 is 2.68 bits per heavy atom. The summed E-state index contributed by atoms with van der Waals surface area (Å²) < 4.78 is 5.06. The molecule has 3 rings (SSSR count). The van der Waals surface area contributed by atoms with Crippen molar-refractivity contribution in [2.45, 2.75) is 33.7 Å². The highest BCUT2D eigenvalue weighted by Gasteiger charge is 2.30. The number of amides is 3. The van der Waals surface area contributed by atoms with E-state index in [-0.39, 0.29) is 12.0 Å². The van der Waals surface area contributed by atoms with E-state index >= 15 is 0 Å². The second kappa shape index (κ2) is 8.02. The van der Waals surface area contributed by atoms with Crippen LogP contribution in [0.5, 0.6) is 0 Å². The average Bonchev–Trinajstić information content (AvgIpc) is 2.98. The van der Waals surface area contributed by atoms with E-state index in [0.29, 0.717) is 42.2 Å². The van der Waals surface area contributed by atoms with Gasteiger partial charge in [0.15, 0.2) is 0 Å². The maximum Gasteiger partial charge on any atom is 0.410 e. The van der Waals surface area contributed by atoms with Gasteiger partial charge in [-0.25, -0.2) is 4.79 Å². The number of nitrogens with one attached hydrogen (secondary N) is 1. The third-order valence-electron chi connectivity index (χ3n) is 4.68. The zero-order valence-electron chi connectivity index (χ0n) is 16.1. The molecule has 148 valence electrons. The first-order valence-electron chi connectivity index (χ1n) is 9.06. The Bertz CT molecular complexity index is 951. The number of nitrogens with two attached hydrogens (primary N) is 1. The number of benzene rings is 1. The van der Waals surface area contributed by atoms with Gasteiger partial charge in [-0.3, -0.25) is 9.59 Å². The van der Waals surface area contributed by atoms with Crippen LogP contribution in [0.3, 0.4) is 0 Å². The molecule has 0 radical (unpaired) electrons. The number of thiophene rings is 1. The smallest absolute Gasteiger partial charge is 0.410 e. The number of primary amides is 1. The van der Waals surface area contributed by atoms with Gasteiger partial charge in [0.2, 0.25) is 0 Å². The average molecular weight is 401 g/mol. The molecule has 8 heteroatoms. The number of aryl methyl sites for hydroxylation is 2. The van der Waals surface area contributed by atoms with Crippen molar-refractivity contribution in [1.82, 2.24) is 4.90 Å². The summed E-state index contributed by atoms with van der Waals surface area (Å²) in [7, 11) is 0. The fourth-order valence-corrected chi connectivity index (χ4v) is 4.63. The highest BCUT2D eigenvalue weighted by atomic mass is 32.1. The zero-order chi connectivity index (χ0) is 20.4. The van der Waals surface area contributed by atoms with E-state index in [1.807, 2.05) is 26.0 Å². The van der Waals surface area contributed by atoms with Crippen molar-refractivity contribution in [3.8, 4) is 0 Å². The predicted molar refractivity (Wildman–Crippen MR) is 108 cm³/mol. The van der Waals surface area contributed by atoms with Crippen LogP contribution in [0.4, 0.5) is 9.80 Å². The van der Waals surface area contributed by atoms with E-state index in [2.05, 4.69) is 5.32 Å². The van der Waals surface area contributed by atoms with Gasteiger partial charge in [0, 0.05) is 17.0 Å². The first-order valence-corrected chi connectivity index (χ1v) is 9.88. The van der Waals surface area contributed by atoms with E-state index in [1.54, 1.807) is 17.9 Å². The summed E-state index contributed by atoms with van der Waals surface area (Å²) in [5.74, 6) is -0.876. The van der Waals surface area contributed by atoms with Crippen molar-refractivity contribution in [1.29, 1.82) is 0 Å². The molecule has 3 N–H and O–H groups in total. The highest BCUT2D eigenvalue weighted by Crippen LogP contribution is 2.37. The quantitative estimate of drug-likeness (QED) is 0.821. The fraction of sp³-hybridized carbons (Fsp3) is 0.350. The first-order chi connectivity index (χ1) is 13.3. The van der Waals surface area contributed by atoms with Gasteiger partial charge in [0.05, 0.1) is 18.7 Å². The van der Waals surface area contributed by atoms with Gasteiger partial charge in [0.25, 0.3) is 11.8 Å². The maximum absolute atomic E-state index is 12.8. The minimum Gasteiger partial charge on any atom is -0.450 e. The number of ether oxygens (including phenoxy) is 1. The summed E-state index contributed by atoms with van der Waals surface area (Å²) >= 11 is 1.28. The molecule has 2 heterocycles. The van der Waals surface area contributed by atoms with Crippen LogP contribution in [-0.2, 0) is 17.7 Å². The molecule has 0 bridgehead atoms. The van der Waals surface area contributed by atoms with Crippen molar-refractivity contribution in [2.24, 2.45) is 5.73 Å². The van der Waals surface area contributed by atoms with Gasteiger partial charge in [-0.15, -0.1) is 11.3 Å². The first kappa shape index (κ1) is 19.9. The van der Waals surface area contributed by atoms with Crippen molar-refractivity contribution in [3.05, 3.63) is 50.9 Å². The Morgan fingerprint density at radius 1 is 1.29 bits per heavy atom. The summed E-state index contributed by atoms with van der Waals surface area (Å²) in [5, 5.41) is 3.26. The molecule has 0 saturated carbocycles. The molecular weight excluding hydrogens is 378 g/mol. The number of hydrogen-bond acceptors (Lipinski definition) is 5. The molecule has 1 aromatic heterocycles. The van der Waals surface area contributed by atoms with Crippen LogP contribution < -0.4 is 11.1 Å². The fourth-order valence-electron chi connectivity index (χ4n) is 3.36. The Hall–Kier alpha value is -2.87. The monoisotopic (exact) mass is 401 g/mol. The Balaban J connectivity index is 1.89. The van der Waals surface area contributed by atoms with E-state index < -0.39 is 5.91 Å².